The number of carboxylic acid groups (broad SMARTS) is 1. The van der Waals surface area contributed by atoms with E-state index < -0.39 is 12.0 Å². The number of pyridine rings is 1. The lowest BCUT2D eigenvalue weighted by atomic mass is 10.1. The number of hydrogen-bond acceptors (Lipinski definition) is 6. The van der Waals surface area contributed by atoms with Gasteiger partial charge >= 0.3 is 5.97 Å². The second-order valence-electron chi connectivity index (χ2n) is 6.94. The molecule has 0 aliphatic heterocycles. The van der Waals surface area contributed by atoms with Gasteiger partial charge in [0.05, 0.1) is 24.5 Å². The number of furan rings is 1. The number of nitrogens with zero attached hydrogens (tertiary/aromatic N) is 4. The van der Waals surface area contributed by atoms with Crippen LogP contribution in [0.3, 0.4) is 0 Å². The van der Waals surface area contributed by atoms with E-state index in [4.69, 9.17) is 4.42 Å². The van der Waals surface area contributed by atoms with Crippen molar-refractivity contribution in [3.05, 3.63) is 77.0 Å². The molecule has 0 saturated carbocycles. The maximum absolute atomic E-state index is 13.6. The number of amides is 1. The fraction of sp³-hybridized carbons (Fsp3) is 0.286. The number of aromatic nitrogens is 3. The van der Waals surface area contributed by atoms with Crippen molar-refractivity contribution in [3.63, 3.8) is 0 Å². The van der Waals surface area contributed by atoms with E-state index in [1.807, 2.05) is 19.1 Å². The van der Waals surface area contributed by atoms with Gasteiger partial charge < -0.3 is 14.4 Å². The molecule has 8 nitrogen and oxygen atoms in total. The van der Waals surface area contributed by atoms with Crippen molar-refractivity contribution in [2.24, 2.45) is 0 Å². The Balaban J connectivity index is 1.74. The summed E-state index contributed by atoms with van der Waals surface area (Å²) in [5.41, 5.74) is 3.27. The molecule has 4 rings (SSSR count). The van der Waals surface area contributed by atoms with Crippen LogP contribution in [0.25, 0.3) is 0 Å². The number of carboxylic acids is 1. The fourth-order valence-corrected chi connectivity index (χ4v) is 3.68. The van der Waals surface area contributed by atoms with Crippen LogP contribution in [-0.4, -0.2) is 36.8 Å². The average molecular weight is 392 g/mol. The summed E-state index contributed by atoms with van der Waals surface area (Å²) in [6.45, 7) is 1.93. The number of hydrogen-bond donors (Lipinski definition) is 1. The van der Waals surface area contributed by atoms with Gasteiger partial charge in [0.2, 0.25) is 5.76 Å². The van der Waals surface area contributed by atoms with Crippen LogP contribution in [-0.2, 0) is 19.4 Å². The maximum atomic E-state index is 13.6. The highest BCUT2D eigenvalue weighted by atomic mass is 16.4. The van der Waals surface area contributed by atoms with Gasteiger partial charge in [-0.05, 0) is 44.4 Å². The normalized spacial score (nSPS) is 13.7. The van der Waals surface area contributed by atoms with Crippen molar-refractivity contribution in [3.8, 4) is 0 Å². The molecule has 0 spiro atoms. The van der Waals surface area contributed by atoms with Gasteiger partial charge in [-0.2, -0.15) is 0 Å². The summed E-state index contributed by atoms with van der Waals surface area (Å²) in [5.74, 6) is -1.63. The van der Waals surface area contributed by atoms with Crippen molar-refractivity contribution in [2.45, 2.75) is 38.8 Å². The Bertz CT molecular complexity index is 1050. The Morgan fingerprint density at radius 2 is 2.07 bits per heavy atom. The minimum Gasteiger partial charge on any atom is -0.475 e. The quantitative estimate of drug-likeness (QED) is 0.686. The van der Waals surface area contributed by atoms with Gasteiger partial charge in [0.1, 0.15) is 12.0 Å². The molecule has 1 aliphatic rings. The predicted molar refractivity (Wildman–Crippen MR) is 102 cm³/mol. The summed E-state index contributed by atoms with van der Waals surface area (Å²) in [5, 5.41) is 9.38. The molecule has 0 fully saturated rings. The summed E-state index contributed by atoms with van der Waals surface area (Å²) in [6.07, 6.45) is 6.93. The van der Waals surface area contributed by atoms with Crippen LogP contribution < -0.4 is 0 Å². The lowest BCUT2D eigenvalue weighted by Crippen LogP contribution is -2.35. The number of fused-ring (bicyclic) bond motifs is 1. The monoisotopic (exact) mass is 392 g/mol. The summed E-state index contributed by atoms with van der Waals surface area (Å²) in [6, 6.07) is 6.66. The van der Waals surface area contributed by atoms with E-state index in [9.17, 15) is 14.7 Å². The van der Waals surface area contributed by atoms with E-state index in [0.29, 0.717) is 17.0 Å². The van der Waals surface area contributed by atoms with Crippen LogP contribution in [0.4, 0.5) is 0 Å². The molecule has 3 heterocycles. The SMILES string of the molecule is CC(c1ccccn1)N(Cc1ccoc1C(=O)O)C(=O)c1ncnc2c1CCC2. The largest absolute Gasteiger partial charge is 0.475 e. The molecule has 29 heavy (non-hydrogen) atoms. The highest BCUT2D eigenvalue weighted by Gasteiger charge is 2.30. The minimum atomic E-state index is -1.18. The minimum absolute atomic E-state index is 0.0630. The summed E-state index contributed by atoms with van der Waals surface area (Å²) in [4.78, 5) is 39.5. The zero-order valence-electron chi connectivity index (χ0n) is 15.9. The molecular weight excluding hydrogens is 372 g/mol. The molecule has 8 heteroatoms. The third-order valence-corrected chi connectivity index (χ3v) is 5.20. The first-order chi connectivity index (χ1) is 14.1. The van der Waals surface area contributed by atoms with Crippen LogP contribution in [0.2, 0.25) is 0 Å². The molecule has 1 N–H and O–H groups in total. The van der Waals surface area contributed by atoms with Crippen molar-refractivity contribution < 1.29 is 19.1 Å². The molecule has 0 radical (unpaired) electrons. The van der Waals surface area contributed by atoms with E-state index in [-0.39, 0.29) is 18.2 Å². The predicted octanol–water partition coefficient (Wildman–Crippen LogP) is 3.06. The molecule has 0 bridgehead atoms. The molecule has 1 unspecified atom stereocenters. The second kappa shape index (κ2) is 7.83. The standard InChI is InChI=1S/C21H20N4O4/c1-13(16-6-2-3-9-22-16)25(11-14-8-10-29-19(14)21(27)28)20(26)18-15-5-4-7-17(15)23-12-24-18/h2-3,6,8-10,12-13H,4-5,7,11H2,1H3,(H,27,28). The highest BCUT2D eigenvalue weighted by Crippen LogP contribution is 2.28. The van der Waals surface area contributed by atoms with E-state index in [1.165, 1.54) is 12.6 Å². The van der Waals surface area contributed by atoms with E-state index >= 15 is 0 Å². The zero-order chi connectivity index (χ0) is 20.4. The second-order valence-corrected chi connectivity index (χ2v) is 6.94. The fourth-order valence-electron chi connectivity index (χ4n) is 3.68. The number of rotatable bonds is 6. The van der Waals surface area contributed by atoms with Crippen LogP contribution in [0.1, 0.15) is 62.9 Å². The third kappa shape index (κ3) is 3.61. The topological polar surface area (TPSA) is 109 Å². The molecule has 0 saturated heterocycles. The van der Waals surface area contributed by atoms with E-state index in [0.717, 1.165) is 30.5 Å². The Morgan fingerprint density at radius 3 is 2.83 bits per heavy atom. The van der Waals surface area contributed by atoms with Gasteiger partial charge in [-0.3, -0.25) is 9.78 Å². The molecule has 1 aliphatic carbocycles. The smallest absolute Gasteiger partial charge is 0.372 e. The maximum Gasteiger partial charge on any atom is 0.372 e. The van der Waals surface area contributed by atoms with Crippen LogP contribution in [0, 0.1) is 0 Å². The van der Waals surface area contributed by atoms with Crippen molar-refractivity contribution in [1.82, 2.24) is 19.9 Å². The van der Waals surface area contributed by atoms with Gasteiger partial charge in [0, 0.05) is 23.0 Å². The molecule has 0 aromatic carbocycles. The third-order valence-electron chi connectivity index (χ3n) is 5.20. The Hall–Kier alpha value is -3.55. The lowest BCUT2D eigenvalue weighted by Gasteiger charge is -2.29. The van der Waals surface area contributed by atoms with Gasteiger partial charge in [0.15, 0.2) is 0 Å². The Kier molecular flexibility index (Phi) is 5.07. The molecule has 3 aromatic rings. The highest BCUT2D eigenvalue weighted by molar-refractivity contribution is 5.94. The summed E-state index contributed by atoms with van der Waals surface area (Å²) >= 11 is 0. The van der Waals surface area contributed by atoms with E-state index in [2.05, 4.69) is 15.0 Å². The zero-order valence-corrected chi connectivity index (χ0v) is 15.9. The molecule has 1 atom stereocenters. The number of carbonyl (C=O) groups is 2. The molecule has 3 aromatic heterocycles. The van der Waals surface area contributed by atoms with Gasteiger partial charge in [-0.25, -0.2) is 14.8 Å². The lowest BCUT2D eigenvalue weighted by molar-refractivity contribution is 0.0626. The summed E-state index contributed by atoms with van der Waals surface area (Å²) in [7, 11) is 0. The van der Waals surface area contributed by atoms with Crippen molar-refractivity contribution in [2.75, 3.05) is 0 Å². The molecular formula is C21H20N4O4. The van der Waals surface area contributed by atoms with Gasteiger partial charge in [0.25, 0.3) is 5.91 Å². The van der Waals surface area contributed by atoms with Crippen LogP contribution in [0.15, 0.2) is 47.5 Å². The Labute approximate surface area is 167 Å². The van der Waals surface area contributed by atoms with E-state index in [1.54, 1.807) is 23.2 Å². The number of aromatic carboxylic acids is 1. The van der Waals surface area contributed by atoms with Crippen LogP contribution in [0.5, 0.6) is 0 Å². The first-order valence-electron chi connectivity index (χ1n) is 9.40. The first-order valence-corrected chi connectivity index (χ1v) is 9.40. The number of aryl methyl sites for hydroxylation is 1. The van der Waals surface area contributed by atoms with Crippen molar-refractivity contribution in [1.29, 1.82) is 0 Å². The van der Waals surface area contributed by atoms with Crippen LogP contribution >= 0.6 is 0 Å². The van der Waals surface area contributed by atoms with Crippen molar-refractivity contribution >= 4 is 11.9 Å². The summed E-state index contributed by atoms with van der Waals surface area (Å²) < 4.78 is 5.09. The van der Waals surface area contributed by atoms with Gasteiger partial charge in [-0.15, -0.1) is 0 Å². The molecule has 1 amide bonds. The first kappa shape index (κ1) is 18.8. The number of carbonyl (C=O) groups excluding carboxylic acids is 1. The van der Waals surface area contributed by atoms with Gasteiger partial charge in [-0.1, -0.05) is 6.07 Å². The molecule has 148 valence electrons. The Morgan fingerprint density at radius 1 is 1.21 bits per heavy atom. The average Bonchev–Trinajstić information content (AvgIpc) is 3.40.